The molecule has 2 aromatic rings. The van der Waals surface area contributed by atoms with Crippen LogP contribution in [0.15, 0.2) is 30.5 Å². The number of aryl methyl sites for hydroxylation is 2. The second-order valence-electron chi connectivity index (χ2n) is 4.89. The number of aromatic nitrogens is 2. The second kappa shape index (κ2) is 6.48. The number of benzene rings is 1. The average molecular weight is 270 g/mol. The van der Waals surface area contributed by atoms with Gasteiger partial charge in [-0.05, 0) is 40.0 Å². The Balaban J connectivity index is 2.32. The maximum atomic E-state index is 4.64. The Kier molecular flexibility index (Phi) is 4.69. The highest BCUT2D eigenvalue weighted by Crippen LogP contribution is 2.22. The Morgan fingerprint density at radius 2 is 1.85 bits per heavy atom. The molecule has 106 valence electrons. The molecule has 0 radical (unpaired) electrons. The van der Waals surface area contributed by atoms with E-state index in [2.05, 4.69) is 58.3 Å². The van der Waals surface area contributed by atoms with Crippen molar-refractivity contribution in [3.63, 3.8) is 0 Å². The van der Waals surface area contributed by atoms with Crippen LogP contribution in [0.5, 0.6) is 0 Å². The number of rotatable bonds is 5. The number of nitrogens with zero attached hydrogens (tertiary/aromatic N) is 3. The first-order chi connectivity index (χ1) is 9.65. The molecule has 4 heteroatoms. The Hall–Kier alpha value is -1.94. The van der Waals surface area contributed by atoms with Gasteiger partial charge in [0.2, 0.25) is 5.95 Å². The number of nitrogens with one attached hydrogen (secondary N) is 1. The molecule has 20 heavy (non-hydrogen) atoms. The molecule has 4 nitrogen and oxygen atoms in total. The summed E-state index contributed by atoms with van der Waals surface area (Å²) < 4.78 is 0. The van der Waals surface area contributed by atoms with Gasteiger partial charge < -0.3 is 10.2 Å². The Bertz CT molecular complexity index is 563. The second-order valence-corrected chi connectivity index (χ2v) is 4.89. The molecule has 0 saturated heterocycles. The van der Waals surface area contributed by atoms with E-state index in [1.807, 2.05) is 20.2 Å². The van der Waals surface area contributed by atoms with E-state index in [-0.39, 0.29) is 0 Å². The zero-order valence-corrected chi connectivity index (χ0v) is 12.6. The van der Waals surface area contributed by atoms with Gasteiger partial charge in [0.25, 0.3) is 0 Å². The summed E-state index contributed by atoms with van der Waals surface area (Å²) in [7, 11) is 1.93. The van der Waals surface area contributed by atoms with Gasteiger partial charge >= 0.3 is 0 Å². The van der Waals surface area contributed by atoms with Gasteiger partial charge in [-0.25, -0.2) is 9.97 Å². The third-order valence-electron chi connectivity index (χ3n) is 3.34. The van der Waals surface area contributed by atoms with E-state index in [1.54, 1.807) is 0 Å². The van der Waals surface area contributed by atoms with Gasteiger partial charge in [-0.15, -0.1) is 0 Å². The van der Waals surface area contributed by atoms with E-state index >= 15 is 0 Å². The first-order valence-electron chi connectivity index (χ1n) is 6.97. The fourth-order valence-corrected chi connectivity index (χ4v) is 2.14. The zero-order valence-electron chi connectivity index (χ0n) is 12.6. The summed E-state index contributed by atoms with van der Waals surface area (Å²) in [5.74, 6) is 0.758. The van der Waals surface area contributed by atoms with Gasteiger partial charge in [0.15, 0.2) is 0 Å². The van der Waals surface area contributed by atoms with Gasteiger partial charge in [-0.2, -0.15) is 0 Å². The van der Waals surface area contributed by atoms with Crippen LogP contribution in [0.4, 0.5) is 11.6 Å². The summed E-state index contributed by atoms with van der Waals surface area (Å²) in [4.78, 5) is 11.3. The summed E-state index contributed by atoms with van der Waals surface area (Å²) in [6, 6.07) is 8.44. The molecule has 0 unspecified atom stereocenters. The van der Waals surface area contributed by atoms with Crippen molar-refractivity contribution in [2.45, 2.75) is 27.3 Å². The van der Waals surface area contributed by atoms with E-state index in [1.165, 1.54) is 5.56 Å². The van der Waals surface area contributed by atoms with Crippen LogP contribution < -0.4 is 10.2 Å². The Morgan fingerprint density at radius 3 is 2.40 bits per heavy atom. The minimum absolute atomic E-state index is 0.758. The maximum absolute atomic E-state index is 4.64. The normalized spacial score (nSPS) is 10.6. The zero-order chi connectivity index (χ0) is 14.5. The minimum Gasteiger partial charge on any atom is -0.316 e. The largest absolute Gasteiger partial charge is 0.316 e. The molecule has 0 amide bonds. The molecule has 0 spiro atoms. The van der Waals surface area contributed by atoms with Crippen molar-refractivity contribution in [3.05, 3.63) is 47.3 Å². The standard InChI is InChI=1S/C16H22N4/c1-5-20(15-8-6-12(2)7-9-15)16-18-11-14(10-17-4)13(3)19-16/h6-9,11,17H,5,10H2,1-4H3. The van der Waals surface area contributed by atoms with Crippen molar-refractivity contribution >= 4 is 11.6 Å². The molecule has 0 aliphatic rings. The van der Waals surface area contributed by atoms with Crippen molar-refractivity contribution in [3.8, 4) is 0 Å². The summed E-state index contributed by atoms with van der Waals surface area (Å²) in [5.41, 5.74) is 4.54. The first kappa shape index (κ1) is 14.5. The number of anilines is 2. The molecule has 0 saturated carbocycles. The Labute approximate surface area is 120 Å². The van der Waals surface area contributed by atoms with E-state index in [4.69, 9.17) is 0 Å². The summed E-state index contributed by atoms with van der Waals surface area (Å²) in [5, 5.41) is 3.13. The third-order valence-corrected chi connectivity index (χ3v) is 3.34. The van der Waals surface area contributed by atoms with Crippen LogP contribution in [0.25, 0.3) is 0 Å². The average Bonchev–Trinajstić information content (AvgIpc) is 2.45. The van der Waals surface area contributed by atoms with Crippen LogP contribution in [0.2, 0.25) is 0 Å². The lowest BCUT2D eigenvalue weighted by Gasteiger charge is -2.21. The van der Waals surface area contributed by atoms with Crippen molar-refractivity contribution in [2.75, 3.05) is 18.5 Å². The fourth-order valence-electron chi connectivity index (χ4n) is 2.14. The lowest BCUT2D eigenvalue weighted by Crippen LogP contribution is -2.20. The van der Waals surface area contributed by atoms with Crippen molar-refractivity contribution in [1.82, 2.24) is 15.3 Å². The van der Waals surface area contributed by atoms with Crippen LogP contribution in [0, 0.1) is 13.8 Å². The molecular weight excluding hydrogens is 248 g/mol. The highest BCUT2D eigenvalue weighted by molar-refractivity contribution is 5.57. The molecule has 1 heterocycles. The summed E-state index contributed by atoms with van der Waals surface area (Å²) >= 11 is 0. The highest BCUT2D eigenvalue weighted by Gasteiger charge is 2.11. The number of hydrogen-bond acceptors (Lipinski definition) is 4. The molecular formula is C16H22N4. The molecule has 2 rings (SSSR count). The fraction of sp³-hybridized carbons (Fsp3) is 0.375. The Morgan fingerprint density at radius 1 is 1.15 bits per heavy atom. The van der Waals surface area contributed by atoms with E-state index in [0.717, 1.165) is 36.0 Å². The van der Waals surface area contributed by atoms with Gasteiger partial charge in [0, 0.05) is 36.2 Å². The molecule has 1 aromatic carbocycles. The minimum atomic E-state index is 0.758. The van der Waals surface area contributed by atoms with Crippen molar-refractivity contribution in [1.29, 1.82) is 0 Å². The molecule has 0 fully saturated rings. The van der Waals surface area contributed by atoms with Crippen molar-refractivity contribution in [2.24, 2.45) is 0 Å². The quantitative estimate of drug-likeness (QED) is 0.907. The van der Waals surface area contributed by atoms with E-state index < -0.39 is 0 Å². The predicted octanol–water partition coefficient (Wildman–Crippen LogP) is 2.97. The smallest absolute Gasteiger partial charge is 0.230 e. The number of hydrogen-bond donors (Lipinski definition) is 1. The highest BCUT2D eigenvalue weighted by atomic mass is 15.2. The van der Waals surface area contributed by atoms with Crippen LogP contribution in [-0.4, -0.2) is 23.6 Å². The third kappa shape index (κ3) is 3.14. The van der Waals surface area contributed by atoms with Crippen LogP contribution in [-0.2, 0) is 6.54 Å². The molecule has 1 aromatic heterocycles. The monoisotopic (exact) mass is 270 g/mol. The summed E-state index contributed by atoms with van der Waals surface area (Å²) in [6.07, 6.45) is 1.91. The molecule has 1 N–H and O–H groups in total. The van der Waals surface area contributed by atoms with Gasteiger partial charge in [0.1, 0.15) is 0 Å². The molecule has 0 atom stereocenters. The van der Waals surface area contributed by atoms with Crippen LogP contribution >= 0.6 is 0 Å². The SMILES string of the molecule is CCN(c1ccc(C)cc1)c1ncc(CNC)c(C)n1. The van der Waals surface area contributed by atoms with Crippen LogP contribution in [0.3, 0.4) is 0 Å². The van der Waals surface area contributed by atoms with Gasteiger partial charge in [-0.1, -0.05) is 17.7 Å². The lowest BCUT2D eigenvalue weighted by molar-refractivity contribution is 0.792. The van der Waals surface area contributed by atoms with E-state index in [9.17, 15) is 0 Å². The predicted molar refractivity (Wildman–Crippen MR) is 83.4 cm³/mol. The first-order valence-corrected chi connectivity index (χ1v) is 6.97. The lowest BCUT2D eigenvalue weighted by atomic mass is 10.2. The molecule has 0 aliphatic heterocycles. The van der Waals surface area contributed by atoms with Gasteiger partial charge in [-0.3, -0.25) is 0 Å². The maximum Gasteiger partial charge on any atom is 0.230 e. The van der Waals surface area contributed by atoms with Crippen LogP contribution in [0.1, 0.15) is 23.7 Å². The van der Waals surface area contributed by atoms with Crippen molar-refractivity contribution < 1.29 is 0 Å². The molecule has 0 aliphatic carbocycles. The van der Waals surface area contributed by atoms with Gasteiger partial charge in [0.05, 0.1) is 0 Å². The topological polar surface area (TPSA) is 41.1 Å². The summed E-state index contributed by atoms with van der Waals surface area (Å²) in [6.45, 7) is 7.87. The molecule has 0 bridgehead atoms. The van der Waals surface area contributed by atoms with E-state index in [0.29, 0.717) is 0 Å².